The van der Waals surface area contributed by atoms with Gasteiger partial charge in [0.25, 0.3) is 0 Å². The van der Waals surface area contributed by atoms with E-state index in [1.807, 2.05) is 54.6 Å². The van der Waals surface area contributed by atoms with Crippen molar-refractivity contribution < 1.29 is 14.3 Å². The molecule has 0 saturated heterocycles. The number of anilines is 1. The molecule has 5 aromatic rings. The van der Waals surface area contributed by atoms with Gasteiger partial charge in [-0.2, -0.15) is 0 Å². The monoisotopic (exact) mass is 534 g/mol. The van der Waals surface area contributed by atoms with Gasteiger partial charge in [0.05, 0.1) is 30.6 Å². The second-order valence-corrected chi connectivity index (χ2v) is 9.81. The molecule has 5 rings (SSSR count). The molecule has 0 radical (unpaired) electrons. The number of pyridine rings is 1. The van der Waals surface area contributed by atoms with Crippen LogP contribution in [0.25, 0.3) is 32.6 Å². The lowest BCUT2D eigenvalue weighted by atomic mass is 9.97. The maximum Gasteiger partial charge on any atom is 0.206 e. The van der Waals surface area contributed by atoms with Crippen LogP contribution in [0.15, 0.2) is 72.8 Å². The van der Waals surface area contributed by atoms with Gasteiger partial charge in [-0.1, -0.05) is 53.5 Å². The highest BCUT2D eigenvalue weighted by Crippen LogP contribution is 2.45. The molecule has 3 aromatic carbocycles. The van der Waals surface area contributed by atoms with Crippen molar-refractivity contribution >= 4 is 56.2 Å². The fraction of sp³-hybridized carbons (Fsp3) is 0.0714. The van der Waals surface area contributed by atoms with Gasteiger partial charge in [-0.05, 0) is 42.5 Å². The summed E-state index contributed by atoms with van der Waals surface area (Å²) >= 11 is 13.6. The second kappa shape index (κ2) is 9.82. The van der Waals surface area contributed by atoms with E-state index in [1.54, 1.807) is 26.4 Å². The van der Waals surface area contributed by atoms with Crippen LogP contribution in [-0.4, -0.2) is 25.0 Å². The fourth-order valence-corrected chi connectivity index (χ4v) is 5.65. The van der Waals surface area contributed by atoms with Crippen LogP contribution in [0.3, 0.4) is 0 Å². The lowest BCUT2D eigenvalue weighted by Crippen LogP contribution is -2.03. The van der Waals surface area contributed by atoms with E-state index in [2.05, 4.69) is 0 Å². The number of hydrogen-bond donors (Lipinski definition) is 1. The maximum absolute atomic E-state index is 13.5. The number of carbonyl (C=O) groups excluding carboxylic acids is 1. The molecule has 0 fully saturated rings. The lowest BCUT2D eigenvalue weighted by molar-refractivity contribution is 0.104. The van der Waals surface area contributed by atoms with Crippen molar-refractivity contribution in [1.82, 2.24) is 4.98 Å². The minimum atomic E-state index is -0.290. The Hall–Kier alpha value is -3.58. The molecule has 0 amide bonds. The van der Waals surface area contributed by atoms with Crippen molar-refractivity contribution in [1.29, 1.82) is 0 Å². The predicted molar refractivity (Wildman–Crippen MR) is 148 cm³/mol. The van der Waals surface area contributed by atoms with E-state index in [4.69, 9.17) is 43.4 Å². The molecule has 2 heterocycles. The van der Waals surface area contributed by atoms with Gasteiger partial charge in [-0.3, -0.25) is 4.79 Å². The molecule has 0 aliphatic heterocycles. The summed E-state index contributed by atoms with van der Waals surface area (Å²) in [7, 11) is 3.21. The summed E-state index contributed by atoms with van der Waals surface area (Å²) in [5, 5.41) is 1.37. The van der Waals surface area contributed by atoms with Crippen LogP contribution in [-0.2, 0) is 0 Å². The number of carbonyl (C=O) groups is 1. The Morgan fingerprint density at radius 3 is 2.39 bits per heavy atom. The minimum Gasteiger partial charge on any atom is -0.497 e. The van der Waals surface area contributed by atoms with Crippen molar-refractivity contribution in [2.75, 3.05) is 20.0 Å². The SMILES string of the molecule is COc1ccc(OC)c(-c2cc(-c3ccccc3)nc3sc(C(=O)c4ccc(Cl)cc4Cl)c(N)c23)c1. The second-order valence-electron chi connectivity index (χ2n) is 7.97. The first-order chi connectivity index (χ1) is 17.4. The molecule has 2 aromatic heterocycles. The van der Waals surface area contributed by atoms with Gasteiger partial charge in [0.15, 0.2) is 0 Å². The number of methoxy groups -OCH3 is 2. The standard InChI is InChI=1S/C28H20Cl2N2O3S/c1-34-17-9-11-23(35-2)19(13-17)20-14-22(15-6-4-3-5-7-15)32-28-24(20)25(31)27(36-28)26(33)18-10-8-16(29)12-21(18)30/h3-14H,31H2,1-2H3. The largest absolute Gasteiger partial charge is 0.497 e. The number of nitrogens with zero attached hydrogens (tertiary/aromatic N) is 1. The van der Waals surface area contributed by atoms with Crippen LogP contribution < -0.4 is 15.2 Å². The van der Waals surface area contributed by atoms with E-state index < -0.39 is 0 Å². The molecule has 180 valence electrons. The van der Waals surface area contributed by atoms with Crippen molar-refractivity contribution in [3.63, 3.8) is 0 Å². The molecule has 0 bridgehead atoms. The van der Waals surface area contributed by atoms with Crippen LogP contribution in [0, 0.1) is 0 Å². The van der Waals surface area contributed by atoms with Crippen LogP contribution >= 0.6 is 34.5 Å². The zero-order chi connectivity index (χ0) is 25.4. The van der Waals surface area contributed by atoms with Crippen LogP contribution in [0.2, 0.25) is 10.0 Å². The molecular weight excluding hydrogens is 515 g/mol. The summed E-state index contributed by atoms with van der Waals surface area (Å²) in [5.41, 5.74) is 10.5. The predicted octanol–water partition coefficient (Wildman–Crippen LogP) is 7.77. The molecule has 36 heavy (non-hydrogen) atoms. The molecule has 0 aliphatic rings. The van der Waals surface area contributed by atoms with Gasteiger partial charge in [-0.15, -0.1) is 11.3 Å². The molecule has 0 saturated carbocycles. The number of thiophene rings is 1. The number of hydrogen-bond acceptors (Lipinski definition) is 6. The number of aromatic nitrogens is 1. The third-order valence-electron chi connectivity index (χ3n) is 5.85. The first-order valence-electron chi connectivity index (χ1n) is 10.9. The number of ether oxygens (including phenoxy) is 2. The fourth-order valence-electron chi connectivity index (χ4n) is 4.08. The van der Waals surface area contributed by atoms with Crippen molar-refractivity contribution in [3.8, 4) is 33.9 Å². The topological polar surface area (TPSA) is 74.4 Å². The zero-order valence-electron chi connectivity index (χ0n) is 19.3. The van der Waals surface area contributed by atoms with E-state index in [9.17, 15) is 4.79 Å². The molecule has 0 atom stereocenters. The van der Waals surface area contributed by atoms with Crippen molar-refractivity contribution in [2.45, 2.75) is 0 Å². The number of nitrogens with two attached hydrogens (primary N) is 1. The summed E-state index contributed by atoms with van der Waals surface area (Å²) in [4.78, 5) is 19.4. The summed E-state index contributed by atoms with van der Waals surface area (Å²) in [5.74, 6) is 1.01. The minimum absolute atomic E-state index is 0.261. The Labute approximate surface area is 222 Å². The van der Waals surface area contributed by atoms with E-state index in [1.165, 1.54) is 17.4 Å². The molecule has 8 heteroatoms. The molecular formula is C28H20Cl2N2O3S. The summed E-state index contributed by atoms with van der Waals surface area (Å²) in [6.45, 7) is 0. The molecule has 2 N–H and O–H groups in total. The molecule has 0 spiro atoms. The van der Waals surface area contributed by atoms with E-state index in [-0.39, 0.29) is 10.8 Å². The van der Waals surface area contributed by atoms with Crippen molar-refractivity contribution in [3.05, 3.63) is 93.3 Å². The number of nitrogen functional groups attached to an aromatic ring is 1. The number of fused-ring (bicyclic) bond motifs is 1. The Balaban J connectivity index is 1.80. The Kier molecular flexibility index (Phi) is 6.58. The molecule has 0 aliphatic carbocycles. The summed E-state index contributed by atoms with van der Waals surface area (Å²) < 4.78 is 11.2. The first kappa shape index (κ1) is 24.1. The third-order valence-corrected chi connectivity index (χ3v) is 7.49. The van der Waals surface area contributed by atoms with Gasteiger partial charge in [0, 0.05) is 32.7 Å². The van der Waals surface area contributed by atoms with Gasteiger partial charge in [0.2, 0.25) is 5.78 Å². The van der Waals surface area contributed by atoms with Gasteiger partial charge in [0.1, 0.15) is 21.2 Å². The number of ketones is 1. The van der Waals surface area contributed by atoms with Gasteiger partial charge in [-0.25, -0.2) is 4.98 Å². The Morgan fingerprint density at radius 2 is 1.69 bits per heavy atom. The maximum atomic E-state index is 13.5. The normalized spacial score (nSPS) is 11.0. The first-order valence-corrected chi connectivity index (χ1v) is 12.5. The highest BCUT2D eigenvalue weighted by molar-refractivity contribution is 7.21. The van der Waals surface area contributed by atoms with Gasteiger partial charge < -0.3 is 15.2 Å². The Bertz CT molecular complexity index is 1620. The lowest BCUT2D eigenvalue weighted by Gasteiger charge is -2.14. The summed E-state index contributed by atoms with van der Waals surface area (Å²) in [6, 6.07) is 22.1. The molecule has 5 nitrogen and oxygen atoms in total. The molecule has 0 unspecified atom stereocenters. The quantitative estimate of drug-likeness (QED) is 0.225. The highest BCUT2D eigenvalue weighted by Gasteiger charge is 2.25. The average Bonchev–Trinajstić information content (AvgIpc) is 3.24. The van der Waals surface area contributed by atoms with E-state index in [0.717, 1.165) is 22.4 Å². The Morgan fingerprint density at radius 1 is 0.917 bits per heavy atom. The third kappa shape index (κ3) is 4.28. The van der Waals surface area contributed by atoms with Gasteiger partial charge >= 0.3 is 0 Å². The highest BCUT2D eigenvalue weighted by atomic mass is 35.5. The number of rotatable bonds is 6. The van der Waals surface area contributed by atoms with Crippen LogP contribution in [0.5, 0.6) is 11.5 Å². The van der Waals surface area contributed by atoms with Crippen LogP contribution in [0.4, 0.5) is 5.69 Å². The number of benzene rings is 3. The summed E-state index contributed by atoms with van der Waals surface area (Å²) in [6.07, 6.45) is 0. The van der Waals surface area contributed by atoms with Crippen LogP contribution in [0.1, 0.15) is 15.2 Å². The zero-order valence-corrected chi connectivity index (χ0v) is 21.7. The van der Waals surface area contributed by atoms with Crippen molar-refractivity contribution in [2.24, 2.45) is 0 Å². The van der Waals surface area contributed by atoms with E-state index >= 15 is 0 Å². The smallest absolute Gasteiger partial charge is 0.206 e. The number of halogens is 2. The van der Waals surface area contributed by atoms with E-state index in [0.29, 0.717) is 42.9 Å². The average molecular weight is 535 g/mol.